The van der Waals surface area contributed by atoms with Gasteiger partial charge >= 0.3 is 0 Å². The van der Waals surface area contributed by atoms with Crippen molar-refractivity contribution < 1.29 is 9.84 Å². The Labute approximate surface area is 94.1 Å². The summed E-state index contributed by atoms with van der Waals surface area (Å²) in [7, 11) is 0. The fraction of sp³-hybridized carbons (Fsp3) is 0.727. The lowest BCUT2D eigenvalue weighted by molar-refractivity contribution is -0.135. The third-order valence-corrected chi connectivity index (χ3v) is 3.88. The molecule has 1 fully saturated rings. The summed E-state index contributed by atoms with van der Waals surface area (Å²) in [4.78, 5) is 5.13. The monoisotopic (exact) mass is 227 g/mol. The van der Waals surface area contributed by atoms with Crippen molar-refractivity contribution in [2.24, 2.45) is 0 Å². The molecular formula is C11H17NO2S. The van der Waals surface area contributed by atoms with Gasteiger partial charge in [0.25, 0.3) is 0 Å². The molecule has 0 saturated carbocycles. The number of hydrogen-bond acceptors (Lipinski definition) is 4. The Morgan fingerprint density at radius 3 is 3.13 bits per heavy atom. The van der Waals surface area contributed by atoms with Crippen LogP contribution in [0, 0.1) is 0 Å². The maximum atomic E-state index is 10.2. The Morgan fingerprint density at radius 2 is 2.53 bits per heavy atom. The minimum absolute atomic E-state index is 0.359. The third-order valence-electron chi connectivity index (χ3n) is 3.08. The second-order valence-corrected chi connectivity index (χ2v) is 5.28. The second-order valence-electron chi connectivity index (χ2n) is 4.31. The van der Waals surface area contributed by atoms with Crippen molar-refractivity contribution in [2.45, 2.75) is 44.3 Å². The van der Waals surface area contributed by atoms with Gasteiger partial charge in [-0.15, -0.1) is 11.3 Å². The van der Waals surface area contributed by atoms with Crippen LogP contribution >= 0.6 is 11.3 Å². The molecule has 0 bridgehead atoms. The van der Waals surface area contributed by atoms with E-state index in [2.05, 4.69) is 4.98 Å². The molecule has 1 aliphatic heterocycles. The van der Waals surface area contributed by atoms with E-state index >= 15 is 0 Å². The molecule has 0 aliphatic carbocycles. The van der Waals surface area contributed by atoms with E-state index in [0.29, 0.717) is 6.42 Å². The van der Waals surface area contributed by atoms with Gasteiger partial charge in [0.05, 0.1) is 17.2 Å². The molecule has 1 aromatic heterocycles. The predicted octanol–water partition coefficient (Wildman–Crippen LogP) is 2.01. The van der Waals surface area contributed by atoms with E-state index in [0.717, 1.165) is 30.7 Å². The number of thiazole rings is 1. The molecule has 0 spiro atoms. The summed E-state index contributed by atoms with van der Waals surface area (Å²) in [5.74, 6) is 0. The molecule has 84 valence electrons. The smallest absolute Gasteiger partial charge is 0.0915 e. The fourth-order valence-corrected chi connectivity index (χ4v) is 2.60. The van der Waals surface area contributed by atoms with E-state index in [1.54, 1.807) is 16.8 Å². The van der Waals surface area contributed by atoms with Crippen LogP contribution in [0.15, 0.2) is 11.7 Å². The summed E-state index contributed by atoms with van der Waals surface area (Å²) in [6, 6.07) is 0. The number of aromatic nitrogens is 1. The fourth-order valence-electron chi connectivity index (χ4n) is 1.97. The predicted molar refractivity (Wildman–Crippen MR) is 60.0 cm³/mol. The molecule has 2 heterocycles. The highest BCUT2D eigenvalue weighted by Crippen LogP contribution is 2.29. The van der Waals surface area contributed by atoms with Crippen molar-refractivity contribution >= 4 is 11.3 Å². The lowest BCUT2D eigenvalue weighted by Gasteiger charge is -2.37. The third kappa shape index (κ3) is 2.56. The molecule has 1 N–H and O–H groups in total. The van der Waals surface area contributed by atoms with Crippen LogP contribution in [0.25, 0.3) is 0 Å². The molecular weight excluding hydrogens is 210 g/mol. The summed E-state index contributed by atoms with van der Waals surface area (Å²) in [5.41, 5.74) is 1.44. The van der Waals surface area contributed by atoms with Gasteiger partial charge < -0.3 is 9.84 Å². The first-order chi connectivity index (χ1) is 7.21. The Morgan fingerprint density at radius 1 is 1.67 bits per heavy atom. The van der Waals surface area contributed by atoms with Gasteiger partial charge in [-0.25, -0.2) is 0 Å². The highest BCUT2D eigenvalue weighted by Gasteiger charge is 2.35. The summed E-state index contributed by atoms with van der Waals surface area (Å²) in [6.45, 7) is 2.79. The number of hydrogen-bond donors (Lipinski definition) is 1. The van der Waals surface area contributed by atoms with E-state index in [-0.39, 0.29) is 5.60 Å². The van der Waals surface area contributed by atoms with Crippen molar-refractivity contribution in [1.82, 2.24) is 4.98 Å². The molecule has 15 heavy (non-hydrogen) atoms. The van der Waals surface area contributed by atoms with Crippen LogP contribution < -0.4 is 0 Å². The van der Waals surface area contributed by atoms with Gasteiger partial charge in [-0.2, -0.15) is 0 Å². The van der Waals surface area contributed by atoms with Gasteiger partial charge in [-0.05, 0) is 26.2 Å². The Balaban J connectivity index is 1.97. The minimum Gasteiger partial charge on any atom is -0.390 e. The molecule has 3 nitrogen and oxygen atoms in total. The van der Waals surface area contributed by atoms with E-state index in [1.807, 2.05) is 13.1 Å². The molecule has 2 rings (SSSR count). The normalized spacial score (nSPS) is 28.9. The van der Waals surface area contributed by atoms with Crippen LogP contribution in [-0.2, 0) is 11.2 Å². The lowest BCUT2D eigenvalue weighted by Crippen LogP contribution is -2.45. The SMILES string of the molecule is CC1(C(O)Cc2cncs2)CCCCO1. The largest absolute Gasteiger partial charge is 0.390 e. The Hall–Kier alpha value is -0.450. The maximum absolute atomic E-state index is 10.2. The topological polar surface area (TPSA) is 42.4 Å². The van der Waals surface area contributed by atoms with E-state index in [1.165, 1.54) is 0 Å². The molecule has 0 aromatic carbocycles. The quantitative estimate of drug-likeness (QED) is 0.859. The van der Waals surface area contributed by atoms with Gasteiger partial charge in [0, 0.05) is 24.1 Å². The highest BCUT2D eigenvalue weighted by molar-refractivity contribution is 7.09. The summed E-state index contributed by atoms with van der Waals surface area (Å²) in [5, 5.41) is 10.2. The molecule has 1 saturated heterocycles. The van der Waals surface area contributed by atoms with Crippen molar-refractivity contribution in [2.75, 3.05) is 6.61 Å². The second kappa shape index (κ2) is 4.60. The first kappa shape index (κ1) is 11.0. The molecule has 0 radical (unpaired) electrons. The first-order valence-corrected chi connectivity index (χ1v) is 6.28. The average Bonchev–Trinajstić information content (AvgIpc) is 2.71. The number of aliphatic hydroxyl groups is 1. The molecule has 2 atom stereocenters. The van der Waals surface area contributed by atoms with Crippen molar-refractivity contribution in [3.63, 3.8) is 0 Å². The number of rotatable bonds is 3. The average molecular weight is 227 g/mol. The highest BCUT2D eigenvalue weighted by atomic mass is 32.1. The molecule has 0 amide bonds. The van der Waals surface area contributed by atoms with Crippen molar-refractivity contribution in [3.8, 4) is 0 Å². The minimum atomic E-state index is -0.418. The van der Waals surface area contributed by atoms with E-state index in [9.17, 15) is 5.11 Å². The Kier molecular flexibility index (Phi) is 3.38. The van der Waals surface area contributed by atoms with E-state index < -0.39 is 6.10 Å². The number of nitrogens with zero attached hydrogens (tertiary/aromatic N) is 1. The van der Waals surface area contributed by atoms with Crippen molar-refractivity contribution in [3.05, 3.63) is 16.6 Å². The van der Waals surface area contributed by atoms with Crippen molar-refractivity contribution in [1.29, 1.82) is 0 Å². The van der Waals surface area contributed by atoms with Gasteiger partial charge in [0.2, 0.25) is 0 Å². The standard InChI is InChI=1S/C11H17NO2S/c1-11(4-2-3-5-14-11)10(13)6-9-7-12-8-15-9/h7-8,10,13H,2-6H2,1H3. The first-order valence-electron chi connectivity index (χ1n) is 5.40. The van der Waals surface area contributed by atoms with Crippen LogP contribution in [0.1, 0.15) is 31.1 Å². The molecule has 1 aromatic rings. The lowest BCUT2D eigenvalue weighted by atomic mass is 9.88. The van der Waals surface area contributed by atoms with Gasteiger partial charge in [-0.3, -0.25) is 4.98 Å². The van der Waals surface area contributed by atoms with Crippen LogP contribution in [0.5, 0.6) is 0 Å². The van der Waals surface area contributed by atoms with Gasteiger partial charge in [-0.1, -0.05) is 0 Å². The zero-order valence-corrected chi connectivity index (χ0v) is 9.80. The van der Waals surface area contributed by atoms with Crippen LogP contribution in [0.2, 0.25) is 0 Å². The zero-order chi connectivity index (χ0) is 10.7. The van der Waals surface area contributed by atoms with E-state index in [4.69, 9.17) is 4.74 Å². The van der Waals surface area contributed by atoms with Crippen LogP contribution in [-0.4, -0.2) is 28.4 Å². The molecule has 1 aliphatic rings. The maximum Gasteiger partial charge on any atom is 0.0915 e. The summed E-state index contributed by atoms with van der Waals surface area (Å²) < 4.78 is 5.71. The van der Waals surface area contributed by atoms with Crippen LogP contribution in [0.3, 0.4) is 0 Å². The summed E-state index contributed by atoms with van der Waals surface area (Å²) >= 11 is 1.59. The Bertz CT molecular complexity index is 294. The molecule has 4 heteroatoms. The number of ether oxygens (including phenoxy) is 1. The zero-order valence-electron chi connectivity index (χ0n) is 8.98. The van der Waals surface area contributed by atoms with Crippen LogP contribution in [0.4, 0.5) is 0 Å². The van der Waals surface area contributed by atoms with Gasteiger partial charge in [0.15, 0.2) is 0 Å². The van der Waals surface area contributed by atoms with Gasteiger partial charge in [0.1, 0.15) is 0 Å². The number of aliphatic hydroxyl groups excluding tert-OH is 1. The molecule has 2 unspecified atom stereocenters. The summed E-state index contributed by atoms with van der Waals surface area (Å²) in [6.07, 6.45) is 5.27.